The van der Waals surface area contributed by atoms with Crippen molar-refractivity contribution in [1.82, 2.24) is 10.3 Å². The van der Waals surface area contributed by atoms with Crippen molar-refractivity contribution < 1.29 is 10.2 Å². The van der Waals surface area contributed by atoms with Crippen LogP contribution in [0.1, 0.15) is 36.5 Å². The van der Waals surface area contributed by atoms with E-state index in [0.29, 0.717) is 35.0 Å². The zero-order valence-corrected chi connectivity index (χ0v) is 15.8. The lowest BCUT2D eigenvalue weighted by molar-refractivity contribution is 0.167. The van der Waals surface area contributed by atoms with Crippen molar-refractivity contribution in [3.63, 3.8) is 0 Å². The standard InChI is InChI=1S/C23H26N2O3/c26-20-11-9-17(18-10-12-22(28)25-23(18)20)21(27)14-24-19-8-4-7-16(19)13-15-5-2-1-3-6-15/h1-3,5-6,9-12,16,19,21,24,26-27H,4,7-8,13-14H2,(H,25,28). The van der Waals surface area contributed by atoms with E-state index in [1.165, 1.54) is 30.5 Å². The summed E-state index contributed by atoms with van der Waals surface area (Å²) in [7, 11) is 0. The van der Waals surface area contributed by atoms with Gasteiger partial charge in [0.25, 0.3) is 0 Å². The van der Waals surface area contributed by atoms with E-state index in [2.05, 4.69) is 34.6 Å². The van der Waals surface area contributed by atoms with Gasteiger partial charge in [-0.2, -0.15) is 0 Å². The van der Waals surface area contributed by atoms with Crippen molar-refractivity contribution in [2.75, 3.05) is 6.54 Å². The molecule has 1 fully saturated rings. The molecule has 0 bridgehead atoms. The van der Waals surface area contributed by atoms with Gasteiger partial charge in [0.2, 0.25) is 5.56 Å². The number of fused-ring (bicyclic) bond motifs is 1. The van der Waals surface area contributed by atoms with E-state index in [-0.39, 0.29) is 11.3 Å². The van der Waals surface area contributed by atoms with E-state index < -0.39 is 6.10 Å². The van der Waals surface area contributed by atoms with E-state index in [0.717, 1.165) is 12.8 Å². The second-order valence-corrected chi connectivity index (χ2v) is 7.70. The quantitative estimate of drug-likeness (QED) is 0.530. The van der Waals surface area contributed by atoms with E-state index in [4.69, 9.17) is 0 Å². The molecule has 28 heavy (non-hydrogen) atoms. The Morgan fingerprint density at radius 3 is 2.71 bits per heavy atom. The average Bonchev–Trinajstić information content (AvgIpc) is 3.14. The second kappa shape index (κ2) is 8.17. The minimum atomic E-state index is -0.716. The summed E-state index contributed by atoms with van der Waals surface area (Å²) in [5.41, 5.74) is 2.15. The van der Waals surface area contributed by atoms with Crippen LogP contribution in [0.5, 0.6) is 5.75 Å². The SMILES string of the molecule is O=c1ccc2c(C(O)CNC3CCCC3Cc3ccccc3)ccc(O)c2[nH]1. The first-order valence-corrected chi connectivity index (χ1v) is 9.92. The molecule has 5 nitrogen and oxygen atoms in total. The Bertz CT molecular complexity index is 1000. The molecule has 1 aliphatic rings. The number of nitrogens with one attached hydrogen (secondary N) is 2. The number of H-pyrrole nitrogens is 1. The van der Waals surface area contributed by atoms with Crippen molar-refractivity contribution in [1.29, 1.82) is 0 Å². The van der Waals surface area contributed by atoms with Crippen LogP contribution >= 0.6 is 0 Å². The third-order valence-corrected chi connectivity index (χ3v) is 5.84. The number of hydrogen-bond acceptors (Lipinski definition) is 4. The lowest BCUT2D eigenvalue weighted by atomic mass is 9.94. The first-order chi connectivity index (χ1) is 13.6. The number of pyridine rings is 1. The number of aromatic amines is 1. The summed E-state index contributed by atoms with van der Waals surface area (Å²) in [6.45, 7) is 0.439. The van der Waals surface area contributed by atoms with Gasteiger partial charge >= 0.3 is 0 Å². The molecule has 0 saturated heterocycles. The Labute approximate surface area is 164 Å². The predicted molar refractivity (Wildman–Crippen MR) is 110 cm³/mol. The van der Waals surface area contributed by atoms with E-state index >= 15 is 0 Å². The molecule has 2 aromatic carbocycles. The summed E-state index contributed by atoms with van der Waals surface area (Å²) in [5.74, 6) is 0.581. The van der Waals surface area contributed by atoms with Crippen molar-refractivity contribution >= 4 is 10.9 Å². The number of aliphatic hydroxyl groups excluding tert-OH is 1. The summed E-state index contributed by atoms with van der Waals surface area (Å²) in [5, 5.41) is 25.0. The minimum Gasteiger partial charge on any atom is -0.506 e. The molecule has 0 aliphatic heterocycles. The molecule has 1 saturated carbocycles. The Hall–Kier alpha value is -2.63. The normalized spacial score (nSPS) is 20.5. The maximum atomic E-state index is 11.6. The lowest BCUT2D eigenvalue weighted by Crippen LogP contribution is -2.36. The van der Waals surface area contributed by atoms with Crippen molar-refractivity contribution in [3.8, 4) is 5.75 Å². The molecule has 0 amide bonds. The lowest BCUT2D eigenvalue weighted by Gasteiger charge is -2.23. The van der Waals surface area contributed by atoms with Crippen LogP contribution in [0, 0.1) is 5.92 Å². The summed E-state index contributed by atoms with van der Waals surface area (Å²) in [6.07, 6.45) is 3.86. The highest BCUT2D eigenvalue weighted by atomic mass is 16.3. The average molecular weight is 378 g/mol. The van der Waals surface area contributed by atoms with Crippen molar-refractivity contribution in [2.45, 2.75) is 37.8 Å². The molecular formula is C23H26N2O3. The van der Waals surface area contributed by atoms with Crippen LogP contribution in [0.4, 0.5) is 0 Å². The van der Waals surface area contributed by atoms with Crippen molar-refractivity contribution in [2.24, 2.45) is 5.92 Å². The molecule has 3 aromatic rings. The Kier molecular flexibility index (Phi) is 5.46. The molecule has 4 rings (SSSR count). The number of phenolic OH excluding ortho intramolecular Hbond substituents is 1. The highest BCUT2D eigenvalue weighted by molar-refractivity contribution is 5.87. The maximum absolute atomic E-state index is 11.6. The third kappa shape index (κ3) is 3.96. The number of benzene rings is 2. The molecule has 146 valence electrons. The van der Waals surface area contributed by atoms with E-state index in [9.17, 15) is 15.0 Å². The molecular weight excluding hydrogens is 352 g/mol. The third-order valence-electron chi connectivity index (χ3n) is 5.84. The van der Waals surface area contributed by atoms with Crippen LogP contribution in [-0.2, 0) is 6.42 Å². The fraction of sp³-hybridized carbons (Fsp3) is 0.348. The first kappa shape index (κ1) is 18.7. The number of aromatic hydroxyl groups is 1. The van der Waals surface area contributed by atoms with E-state index in [1.54, 1.807) is 12.1 Å². The first-order valence-electron chi connectivity index (χ1n) is 9.92. The number of rotatable bonds is 6. The van der Waals surface area contributed by atoms with Gasteiger partial charge in [0.05, 0.1) is 11.6 Å². The van der Waals surface area contributed by atoms with Gasteiger partial charge in [-0.1, -0.05) is 42.8 Å². The molecule has 0 radical (unpaired) electrons. The van der Waals surface area contributed by atoms with Crippen LogP contribution in [-0.4, -0.2) is 27.8 Å². The molecule has 1 aromatic heterocycles. The molecule has 0 spiro atoms. The number of aliphatic hydroxyl groups is 1. The van der Waals surface area contributed by atoms with Gasteiger partial charge in [-0.15, -0.1) is 0 Å². The van der Waals surface area contributed by atoms with Gasteiger partial charge in [0, 0.05) is 24.0 Å². The Morgan fingerprint density at radius 1 is 1.07 bits per heavy atom. The topological polar surface area (TPSA) is 85.3 Å². The number of hydrogen-bond donors (Lipinski definition) is 4. The van der Waals surface area contributed by atoms with Crippen LogP contribution in [0.2, 0.25) is 0 Å². The summed E-state index contributed by atoms with van der Waals surface area (Å²) < 4.78 is 0. The molecule has 3 unspecified atom stereocenters. The van der Waals surface area contributed by atoms with Crippen LogP contribution < -0.4 is 10.9 Å². The smallest absolute Gasteiger partial charge is 0.248 e. The fourth-order valence-corrected chi connectivity index (χ4v) is 4.39. The van der Waals surface area contributed by atoms with Crippen molar-refractivity contribution in [3.05, 3.63) is 76.1 Å². The summed E-state index contributed by atoms with van der Waals surface area (Å²) >= 11 is 0. The zero-order valence-electron chi connectivity index (χ0n) is 15.8. The second-order valence-electron chi connectivity index (χ2n) is 7.70. The predicted octanol–water partition coefficient (Wildman–Crippen LogP) is 3.27. The van der Waals surface area contributed by atoms with Crippen LogP contribution in [0.25, 0.3) is 10.9 Å². The largest absolute Gasteiger partial charge is 0.506 e. The molecule has 5 heteroatoms. The molecule has 4 N–H and O–H groups in total. The van der Waals surface area contributed by atoms with Gasteiger partial charge in [-0.05, 0) is 48.4 Å². The number of phenols is 1. The molecule has 1 aliphatic carbocycles. The molecule has 1 heterocycles. The molecule has 3 atom stereocenters. The van der Waals surface area contributed by atoms with Crippen LogP contribution in [0.3, 0.4) is 0 Å². The summed E-state index contributed by atoms with van der Waals surface area (Å²) in [4.78, 5) is 14.2. The highest BCUT2D eigenvalue weighted by Crippen LogP contribution is 2.31. The van der Waals surface area contributed by atoms with Gasteiger partial charge in [0.1, 0.15) is 5.75 Å². The number of aromatic nitrogens is 1. The minimum absolute atomic E-state index is 0.00956. The maximum Gasteiger partial charge on any atom is 0.248 e. The summed E-state index contributed by atoms with van der Waals surface area (Å²) in [6, 6.07) is 17.2. The Balaban J connectivity index is 1.45. The highest BCUT2D eigenvalue weighted by Gasteiger charge is 2.27. The Morgan fingerprint density at radius 2 is 1.89 bits per heavy atom. The van der Waals surface area contributed by atoms with Crippen LogP contribution in [0.15, 0.2) is 59.4 Å². The van der Waals surface area contributed by atoms with E-state index in [1.807, 2.05) is 6.07 Å². The fourth-order valence-electron chi connectivity index (χ4n) is 4.39. The zero-order chi connectivity index (χ0) is 19.5. The van der Waals surface area contributed by atoms with Gasteiger partial charge in [-0.25, -0.2) is 0 Å². The van der Waals surface area contributed by atoms with Gasteiger partial charge in [0.15, 0.2) is 0 Å². The van der Waals surface area contributed by atoms with Gasteiger partial charge < -0.3 is 20.5 Å². The monoisotopic (exact) mass is 378 g/mol. The van der Waals surface area contributed by atoms with Gasteiger partial charge in [-0.3, -0.25) is 4.79 Å².